The summed E-state index contributed by atoms with van der Waals surface area (Å²) in [7, 11) is 0. The predicted molar refractivity (Wildman–Crippen MR) is 86.4 cm³/mol. The van der Waals surface area contributed by atoms with Gasteiger partial charge in [0.25, 0.3) is 0 Å². The van der Waals surface area contributed by atoms with E-state index in [9.17, 15) is 0 Å². The maximum atomic E-state index is 6.31. The lowest BCUT2D eigenvalue weighted by atomic mass is 9.76. The minimum atomic E-state index is 0.211. The SMILES string of the molecule is NCC1(N2CCN3CCCC3C2)CCc2ccccc2C1. The second-order valence-electron chi connectivity index (χ2n) is 7.15. The summed E-state index contributed by atoms with van der Waals surface area (Å²) >= 11 is 0. The molecular formula is C18H27N3. The monoisotopic (exact) mass is 285 g/mol. The fourth-order valence-corrected chi connectivity index (χ4v) is 4.78. The van der Waals surface area contributed by atoms with Crippen LogP contribution in [0.1, 0.15) is 30.4 Å². The van der Waals surface area contributed by atoms with Gasteiger partial charge in [-0.1, -0.05) is 24.3 Å². The first-order valence-corrected chi connectivity index (χ1v) is 8.57. The molecule has 0 amide bonds. The number of nitrogens with two attached hydrogens (primary N) is 1. The number of fused-ring (bicyclic) bond motifs is 2. The van der Waals surface area contributed by atoms with Gasteiger partial charge >= 0.3 is 0 Å². The van der Waals surface area contributed by atoms with Crippen LogP contribution in [0, 0.1) is 0 Å². The number of hydrogen-bond donors (Lipinski definition) is 1. The van der Waals surface area contributed by atoms with Gasteiger partial charge in [0, 0.05) is 37.8 Å². The summed E-state index contributed by atoms with van der Waals surface area (Å²) in [5.74, 6) is 0. The Morgan fingerprint density at radius 2 is 2.00 bits per heavy atom. The average Bonchev–Trinajstić information content (AvgIpc) is 3.02. The summed E-state index contributed by atoms with van der Waals surface area (Å²) in [6.07, 6.45) is 6.34. The van der Waals surface area contributed by atoms with Crippen LogP contribution in [0.3, 0.4) is 0 Å². The molecule has 114 valence electrons. The summed E-state index contributed by atoms with van der Waals surface area (Å²) in [6, 6.07) is 9.75. The molecule has 2 aliphatic heterocycles. The molecule has 3 heteroatoms. The molecule has 0 aromatic heterocycles. The number of benzene rings is 1. The van der Waals surface area contributed by atoms with Crippen LogP contribution in [0.25, 0.3) is 0 Å². The first-order chi connectivity index (χ1) is 10.3. The smallest absolute Gasteiger partial charge is 0.0376 e. The molecule has 2 unspecified atom stereocenters. The minimum absolute atomic E-state index is 0.211. The Morgan fingerprint density at radius 1 is 1.14 bits per heavy atom. The first kappa shape index (κ1) is 13.7. The number of aryl methyl sites for hydroxylation is 1. The van der Waals surface area contributed by atoms with Crippen molar-refractivity contribution >= 4 is 0 Å². The van der Waals surface area contributed by atoms with Crippen molar-refractivity contribution in [3.63, 3.8) is 0 Å². The summed E-state index contributed by atoms with van der Waals surface area (Å²) in [5.41, 5.74) is 9.59. The van der Waals surface area contributed by atoms with Crippen molar-refractivity contribution in [2.45, 2.75) is 43.7 Å². The van der Waals surface area contributed by atoms with Crippen molar-refractivity contribution in [2.24, 2.45) is 5.73 Å². The highest BCUT2D eigenvalue weighted by atomic mass is 15.3. The van der Waals surface area contributed by atoms with Crippen LogP contribution in [0.4, 0.5) is 0 Å². The van der Waals surface area contributed by atoms with Crippen LogP contribution in [-0.2, 0) is 12.8 Å². The molecule has 2 heterocycles. The second kappa shape index (κ2) is 5.38. The number of rotatable bonds is 2. The Balaban J connectivity index is 1.57. The van der Waals surface area contributed by atoms with Gasteiger partial charge < -0.3 is 5.73 Å². The van der Waals surface area contributed by atoms with Crippen LogP contribution in [-0.4, -0.2) is 54.1 Å². The van der Waals surface area contributed by atoms with Crippen LogP contribution in [0.15, 0.2) is 24.3 Å². The number of piperazine rings is 1. The normalized spacial score (nSPS) is 33.7. The van der Waals surface area contributed by atoms with E-state index in [1.807, 2.05) is 0 Å². The van der Waals surface area contributed by atoms with E-state index in [1.54, 1.807) is 5.56 Å². The molecule has 4 rings (SSSR count). The van der Waals surface area contributed by atoms with Gasteiger partial charge in [-0.05, 0) is 49.8 Å². The van der Waals surface area contributed by atoms with Crippen LogP contribution in [0.2, 0.25) is 0 Å². The van der Waals surface area contributed by atoms with Gasteiger partial charge in [-0.25, -0.2) is 0 Å². The molecule has 0 bridgehead atoms. The van der Waals surface area contributed by atoms with Gasteiger partial charge in [0.1, 0.15) is 0 Å². The molecule has 2 atom stereocenters. The summed E-state index contributed by atoms with van der Waals surface area (Å²) < 4.78 is 0. The third-order valence-electron chi connectivity index (χ3n) is 6.14. The third kappa shape index (κ3) is 2.32. The molecule has 3 aliphatic rings. The van der Waals surface area contributed by atoms with E-state index in [4.69, 9.17) is 5.73 Å². The fraction of sp³-hybridized carbons (Fsp3) is 0.667. The Labute approximate surface area is 128 Å². The lowest BCUT2D eigenvalue weighted by molar-refractivity contribution is 0.0102. The fourth-order valence-electron chi connectivity index (χ4n) is 4.78. The third-order valence-corrected chi connectivity index (χ3v) is 6.14. The zero-order valence-electron chi connectivity index (χ0n) is 12.9. The van der Waals surface area contributed by atoms with Gasteiger partial charge in [0.05, 0.1) is 0 Å². The standard InChI is InChI=1S/C18H27N3/c19-14-18(8-7-15-4-1-2-5-16(15)12-18)21-11-10-20-9-3-6-17(20)13-21/h1-2,4-5,17H,3,6-14,19H2. The largest absolute Gasteiger partial charge is 0.329 e. The van der Waals surface area contributed by atoms with Gasteiger partial charge in [-0.2, -0.15) is 0 Å². The van der Waals surface area contributed by atoms with E-state index in [1.165, 1.54) is 57.4 Å². The first-order valence-electron chi connectivity index (χ1n) is 8.57. The quantitative estimate of drug-likeness (QED) is 0.897. The Bertz CT molecular complexity index is 515. The second-order valence-corrected chi connectivity index (χ2v) is 7.15. The summed E-state index contributed by atoms with van der Waals surface area (Å²) in [4.78, 5) is 5.44. The molecule has 1 aliphatic carbocycles. The van der Waals surface area contributed by atoms with Crippen molar-refractivity contribution in [3.05, 3.63) is 35.4 Å². The predicted octanol–water partition coefficient (Wildman–Crippen LogP) is 1.65. The summed E-state index contributed by atoms with van der Waals surface area (Å²) in [5, 5.41) is 0. The summed E-state index contributed by atoms with van der Waals surface area (Å²) in [6.45, 7) is 5.80. The lowest BCUT2D eigenvalue weighted by Crippen LogP contribution is -2.63. The van der Waals surface area contributed by atoms with Crippen LogP contribution in [0.5, 0.6) is 0 Å². The van der Waals surface area contributed by atoms with E-state index in [-0.39, 0.29) is 5.54 Å². The lowest BCUT2D eigenvalue weighted by Gasteiger charge is -2.51. The number of nitrogens with zero attached hydrogens (tertiary/aromatic N) is 2. The van der Waals surface area contributed by atoms with Crippen molar-refractivity contribution in [1.82, 2.24) is 9.80 Å². The van der Waals surface area contributed by atoms with E-state index >= 15 is 0 Å². The Hall–Kier alpha value is -0.900. The Morgan fingerprint density at radius 3 is 2.86 bits per heavy atom. The van der Waals surface area contributed by atoms with Crippen LogP contribution >= 0.6 is 0 Å². The molecular weight excluding hydrogens is 258 g/mol. The van der Waals surface area contributed by atoms with E-state index in [2.05, 4.69) is 34.1 Å². The molecule has 2 saturated heterocycles. The molecule has 2 N–H and O–H groups in total. The van der Waals surface area contributed by atoms with Crippen molar-refractivity contribution in [1.29, 1.82) is 0 Å². The topological polar surface area (TPSA) is 32.5 Å². The maximum absolute atomic E-state index is 6.31. The molecule has 1 aromatic carbocycles. The molecule has 3 nitrogen and oxygen atoms in total. The molecule has 2 fully saturated rings. The highest BCUT2D eigenvalue weighted by molar-refractivity contribution is 5.32. The van der Waals surface area contributed by atoms with E-state index < -0.39 is 0 Å². The van der Waals surface area contributed by atoms with Crippen molar-refractivity contribution < 1.29 is 0 Å². The minimum Gasteiger partial charge on any atom is -0.329 e. The average molecular weight is 285 g/mol. The van der Waals surface area contributed by atoms with Gasteiger partial charge in [0.2, 0.25) is 0 Å². The number of hydrogen-bond acceptors (Lipinski definition) is 3. The Kier molecular flexibility index (Phi) is 3.52. The van der Waals surface area contributed by atoms with Crippen LogP contribution < -0.4 is 5.73 Å². The van der Waals surface area contributed by atoms with E-state index in [0.717, 1.165) is 19.0 Å². The molecule has 0 spiro atoms. The highest BCUT2D eigenvalue weighted by Crippen LogP contribution is 2.35. The maximum Gasteiger partial charge on any atom is 0.0376 e. The molecule has 1 aromatic rings. The van der Waals surface area contributed by atoms with E-state index in [0.29, 0.717) is 0 Å². The zero-order chi connectivity index (χ0) is 14.3. The molecule has 0 radical (unpaired) electrons. The van der Waals surface area contributed by atoms with Gasteiger partial charge in [-0.15, -0.1) is 0 Å². The van der Waals surface area contributed by atoms with Crippen molar-refractivity contribution in [3.8, 4) is 0 Å². The molecule has 21 heavy (non-hydrogen) atoms. The van der Waals surface area contributed by atoms with Gasteiger partial charge in [-0.3, -0.25) is 9.80 Å². The van der Waals surface area contributed by atoms with Gasteiger partial charge in [0.15, 0.2) is 0 Å². The zero-order valence-corrected chi connectivity index (χ0v) is 12.9. The van der Waals surface area contributed by atoms with Crippen molar-refractivity contribution in [2.75, 3.05) is 32.7 Å². The highest BCUT2D eigenvalue weighted by Gasteiger charge is 2.42. The molecule has 0 saturated carbocycles.